The highest BCUT2D eigenvalue weighted by molar-refractivity contribution is 7.17. The van der Waals surface area contributed by atoms with Gasteiger partial charge in [-0.2, -0.15) is 0 Å². The standard InChI is InChI=1S/C22H26N2O3S/c1-3-12-27-16-8-5-15(6-9-16)7-11-19(25)24-22-20(21(23)26)17-10-4-14(2)13-18(17)28-22/h5-9,11,14H,3-4,10,12-13H2,1-2H3,(H2,23,26)(H,24,25)/b11-7+/t14-/m0/s1. The van der Waals surface area contributed by atoms with Crippen molar-refractivity contribution in [3.63, 3.8) is 0 Å². The van der Waals surface area contributed by atoms with E-state index in [1.54, 1.807) is 6.08 Å². The molecule has 0 spiro atoms. The van der Waals surface area contributed by atoms with Crippen LogP contribution >= 0.6 is 11.3 Å². The summed E-state index contributed by atoms with van der Waals surface area (Å²) < 4.78 is 5.55. The van der Waals surface area contributed by atoms with E-state index in [4.69, 9.17) is 10.5 Å². The Morgan fingerprint density at radius 3 is 2.75 bits per heavy atom. The first-order valence-electron chi connectivity index (χ1n) is 9.64. The van der Waals surface area contributed by atoms with Crippen LogP contribution in [0.25, 0.3) is 6.08 Å². The van der Waals surface area contributed by atoms with Crippen molar-refractivity contribution in [1.29, 1.82) is 0 Å². The molecule has 2 aromatic rings. The summed E-state index contributed by atoms with van der Waals surface area (Å²) in [6.07, 6.45) is 6.96. The highest BCUT2D eigenvalue weighted by Crippen LogP contribution is 2.39. The van der Waals surface area contributed by atoms with Crippen LogP contribution in [-0.2, 0) is 17.6 Å². The number of nitrogens with one attached hydrogen (secondary N) is 1. The molecule has 1 aliphatic rings. The third kappa shape index (κ3) is 4.81. The average molecular weight is 399 g/mol. The van der Waals surface area contributed by atoms with Crippen LogP contribution in [0.4, 0.5) is 5.00 Å². The van der Waals surface area contributed by atoms with E-state index in [1.165, 1.54) is 17.4 Å². The number of hydrogen-bond donors (Lipinski definition) is 2. The number of ether oxygens (including phenoxy) is 1. The third-order valence-corrected chi connectivity index (χ3v) is 5.94. The maximum Gasteiger partial charge on any atom is 0.251 e. The number of nitrogens with two attached hydrogens (primary N) is 1. The Kier molecular flexibility index (Phi) is 6.52. The second-order valence-electron chi connectivity index (χ2n) is 7.16. The van der Waals surface area contributed by atoms with E-state index in [2.05, 4.69) is 19.2 Å². The number of thiophene rings is 1. The molecule has 6 heteroatoms. The summed E-state index contributed by atoms with van der Waals surface area (Å²) in [5.74, 6) is 0.641. The molecule has 0 saturated heterocycles. The number of hydrogen-bond acceptors (Lipinski definition) is 4. The number of rotatable bonds is 7. The molecular formula is C22H26N2O3S. The number of amides is 2. The van der Waals surface area contributed by atoms with Crippen molar-refractivity contribution in [2.75, 3.05) is 11.9 Å². The Morgan fingerprint density at radius 2 is 2.07 bits per heavy atom. The zero-order chi connectivity index (χ0) is 20.1. The van der Waals surface area contributed by atoms with E-state index in [0.29, 0.717) is 23.1 Å². The molecular weight excluding hydrogens is 372 g/mol. The number of anilines is 1. The molecule has 1 atom stereocenters. The van der Waals surface area contributed by atoms with Crippen molar-refractivity contribution in [3.05, 3.63) is 51.9 Å². The van der Waals surface area contributed by atoms with Gasteiger partial charge in [-0.25, -0.2) is 0 Å². The SMILES string of the molecule is CCCOc1ccc(/C=C/C(=O)Nc2sc3c(c2C(N)=O)CC[C@H](C)C3)cc1. The van der Waals surface area contributed by atoms with Gasteiger partial charge in [-0.1, -0.05) is 26.0 Å². The van der Waals surface area contributed by atoms with Gasteiger partial charge >= 0.3 is 0 Å². The van der Waals surface area contributed by atoms with Crippen LogP contribution in [0.5, 0.6) is 5.75 Å². The Balaban J connectivity index is 1.69. The monoisotopic (exact) mass is 398 g/mol. The van der Waals surface area contributed by atoms with Gasteiger partial charge < -0.3 is 15.8 Å². The summed E-state index contributed by atoms with van der Waals surface area (Å²) in [7, 11) is 0. The van der Waals surface area contributed by atoms with Crippen molar-refractivity contribution < 1.29 is 14.3 Å². The number of fused-ring (bicyclic) bond motifs is 1. The third-order valence-electron chi connectivity index (χ3n) is 4.77. The molecule has 3 rings (SSSR count). The average Bonchev–Trinajstić information content (AvgIpc) is 3.02. The highest BCUT2D eigenvalue weighted by atomic mass is 32.1. The first-order valence-corrected chi connectivity index (χ1v) is 10.5. The van der Waals surface area contributed by atoms with Gasteiger partial charge in [-0.05, 0) is 60.9 Å². The largest absolute Gasteiger partial charge is 0.494 e. The van der Waals surface area contributed by atoms with E-state index in [-0.39, 0.29) is 5.91 Å². The second-order valence-corrected chi connectivity index (χ2v) is 8.27. The Bertz CT molecular complexity index is 884. The molecule has 0 fully saturated rings. The molecule has 0 bridgehead atoms. The van der Waals surface area contributed by atoms with Crippen molar-refractivity contribution in [2.45, 2.75) is 39.5 Å². The van der Waals surface area contributed by atoms with Crippen LogP contribution in [-0.4, -0.2) is 18.4 Å². The fourth-order valence-corrected chi connectivity index (χ4v) is 4.74. The minimum atomic E-state index is -0.478. The Labute approximate surface area is 169 Å². The zero-order valence-corrected chi connectivity index (χ0v) is 17.1. The number of benzene rings is 1. The first-order chi connectivity index (χ1) is 13.5. The van der Waals surface area contributed by atoms with Gasteiger partial charge in [-0.3, -0.25) is 9.59 Å². The summed E-state index contributed by atoms with van der Waals surface area (Å²) in [5, 5.41) is 3.40. The lowest BCUT2D eigenvalue weighted by atomic mass is 9.88. The van der Waals surface area contributed by atoms with Crippen LogP contribution in [0.15, 0.2) is 30.3 Å². The summed E-state index contributed by atoms with van der Waals surface area (Å²) in [5.41, 5.74) is 7.98. The van der Waals surface area contributed by atoms with Gasteiger partial charge in [0, 0.05) is 11.0 Å². The van der Waals surface area contributed by atoms with Gasteiger partial charge in [-0.15, -0.1) is 11.3 Å². The van der Waals surface area contributed by atoms with Crippen LogP contribution in [0, 0.1) is 5.92 Å². The van der Waals surface area contributed by atoms with Gasteiger partial charge in [0.2, 0.25) is 5.91 Å². The quantitative estimate of drug-likeness (QED) is 0.678. The molecule has 0 aliphatic heterocycles. The number of carbonyl (C=O) groups excluding carboxylic acids is 2. The molecule has 1 heterocycles. The molecule has 5 nitrogen and oxygen atoms in total. The molecule has 0 unspecified atom stereocenters. The van der Waals surface area contributed by atoms with Crippen molar-refractivity contribution >= 4 is 34.2 Å². The number of primary amides is 1. The molecule has 1 aromatic carbocycles. The molecule has 28 heavy (non-hydrogen) atoms. The molecule has 0 radical (unpaired) electrons. The highest BCUT2D eigenvalue weighted by Gasteiger charge is 2.26. The van der Waals surface area contributed by atoms with Gasteiger partial charge in [0.05, 0.1) is 12.2 Å². The van der Waals surface area contributed by atoms with E-state index >= 15 is 0 Å². The number of carbonyl (C=O) groups is 2. The van der Waals surface area contributed by atoms with E-state index in [9.17, 15) is 9.59 Å². The topological polar surface area (TPSA) is 81.4 Å². The predicted molar refractivity (Wildman–Crippen MR) is 114 cm³/mol. The molecule has 0 saturated carbocycles. The molecule has 2 amide bonds. The summed E-state index contributed by atoms with van der Waals surface area (Å²) >= 11 is 1.47. The minimum absolute atomic E-state index is 0.277. The molecule has 148 valence electrons. The van der Waals surface area contributed by atoms with Gasteiger partial charge in [0.25, 0.3) is 5.91 Å². The van der Waals surface area contributed by atoms with Crippen LogP contribution in [0.2, 0.25) is 0 Å². The van der Waals surface area contributed by atoms with Crippen molar-refractivity contribution in [3.8, 4) is 5.75 Å². The maximum atomic E-state index is 12.4. The van der Waals surface area contributed by atoms with E-state index in [1.807, 2.05) is 24.3 Å². The smallest absolute Gasteiger partial charge is 0.251 e. The fourth-order valence-electron chi connectivity index (χ4n) is 3.32. The summed E-state index contributed by atoms with van der Waals surface area (Å²) in [4.78, 5) is 25.5. The summed E-state index contributed by atoms with van der Waals surface area (Å²) in [6, 6.07) is 7.56. The van der Waals surface area contributed by atoms with Gasteiger partial charge in [0.15, 0.2) is 0 Å². The molecule has 1 aromatic heterocycles. The van der Waals surface area contributed by atoms with E-state index < -0.39 is 5.91 Å². The van der Waals surface area contributed by atoms with Crippen molar-refractivity contribution in [2.24, 2.45) is 11.7 Å². The lowest BCUT2D eigenvalue weighted by Gasteiger charge is -2.18. The molecule has 3 N–H and O–H groups in total. The van der Waals surface area contributed by atoms with E-state index in [0.717, 1.165) is 47.4 Å². The van der Waals surface area contributed by atoms with Crippen LogP contribution in [0.1, 0.15) is 53.1 Å². The van der Waals surface area contributed by atoms with Crippen LogP contribution < -0.4 is 15.8 Å². The van der Waals surface area contributed by atoms with Crippen LogP contribution in [0.3, 0.4) is 0 Å². The normalized spacial score (nSPS) is 16.0. The molecule has 1 aliphatic carbocycles. The fraction of sp³-hybridized carbons (Fsp3) is 0.364. The summed E-state index contributed by atoms with van der Waals surface area (Å²) in [6.45, 7) is 4.94. The maximum absolute atomic E-state index is 12.4. The van der Waals surface area contributed by atoms with Gasteiger partial charge in [0.1, 0.15) is 10.8 Å². The lowest BCUT2D eigenvalue weighted by molar-refractivity contribution is -0.111. The second kappa shape index (κ2) is 9.06. The zero-order valence-electron chi connectivity index (χ0n) is 16.3. The first kappa shape index (κ1) is 20.1. The predicted octanol–water partition coefficient (Wildman–Crippen LogP) is 4.41. The lowest BCUT2D eigenvalue weighted by Crippen LogP contribution is -2.18. The minimum Gasteiger partial charge on any atom is -0.494 e. The Hall–Kier alpha value is -2.60. The van der Waals surface area contributed by atoms with Crippen molar-refractivity contribution in [1.82, 2.24) is 0 Å². The Morgan fingerprint density at radius 1 is 1.32 bits per heavy atom.